The smallest absolute Gasteiger partial charge is 0.200 e. The normalized spacial score (nSPS) is 9.94. The molecular formula is C11H15NO4. The van der Waals surface area contributed by atoms with Crippen LogP contribution in [0, 0.1) is 0 Å². The summed E-state index contributed by atoms with van der Waals surface area (Å²) in [6.45, 7) is 0.219. The third kappa shape index (κ3) is 2.43. The van der Waals surface area contributed by atoms with Crippen molar-refractivity contribution in [2.75, 3.05) is 27.8 Å². The lowest BCUT2D eigenvalue weighted by atomic mass is 10.1. The molecular weight excluding hydrogens is 210 g/mol. The highest BCUT2D eigenvalue weighted by Gasteiger charge is 2.14. The molecule has 88 valence electrons. The van der Waals surface area contributed by atoms with Crippen molar-refractivity contribution in [3.05, 3.63) is 17.7 Å². The van der Waals surface area contributed by atoms with Gasteiger partial charge in [0.15, 0.2) is 17.3 Å². The van der Waals surface area contributed by atoms with Gasteiger partial charge in [-0.25, -0.2) is 0 Å². The monoisotopic (exact) mass is 225 g/mol. The topological polar surface area (TPSA) is 67.8 Å². The van der Waals surface area contributed by atoms with E-state index < -0.39 is 0 Å². The van der Waals surface area contributed by atoms with Crippen LogP contribution >= 0.6 is 0 Å². The van der Waals surface area contributed by atoms with E-state index in [1.54, 1.807) is 7.05 Å². The van der Waals surface area contributed by atoms with Crippen molar-refractivity contribution in [1.29, 1.82) is 0 Å². The van der Waals surface area contributed by atoms with Crippen molar-refractivity contribution in [2.45, 2.75) is 0 Å². The molecule has 0 aliphatic heterocycles. The predicted molar refractivity (Wildman–Crippen MR) is 59.5 cm³/mol. The Morgan fingerprint density at radius 3 is 2.19 bits per heavy atom. The number of ether oxygens (including phenoxy) is 2. The van der Waals surface area contributed by atoms with E-state index in [2.05, 4.69) is 5.32 Å². The van der Waals surface area contributed by atoms with Gasteiger partial charge in [0.1, 0.15) is 0 Å². The molecule has 0 saturated heterocycles. The highest BCUT2D eigenvalue weighted by molar-refractivity contribution is 5.98. The number of phenols is 1. The number of nitrogens with one attached hydrogen (secondary N) is 1. The van der Waals surface area contributed by atoms with Gasteiger partial charge in [-0.1, -0.05) is 0 Å². The molecule has 5 heteroatoms. The first-order chi connectivity index (χ1) is 7.63. The van der Waals surface area contributed by atoms with Gasteiger partial charge < -0.3 is 19.9 Å². The lowest BCUT2D eigenvalue weighted by Crippen LogP contribution is -2.18. The zero-order valence-corrected chi connectivity index (χ0v) is 9.53. The van der Waals surface area contributed by atoms with E-state index in [9.17, 15) is 9.90 Å². The summed E-state index contributed by atoms with van der Waals surface area (Å²) in [5, 5.41) is 12.4. The summed E-state index contributed by atoms with van der Waals surface area (Å²) < 4.78 is 9.91. The molecule has 1 rings (SSSR count). The minimum atomic E-state index is -0.106. The summed E-state index contributed by atoms with van der Waals surface area (Å²) in [6.07, 6.45) is 0. The van der Waals surface area contributed by atoms with Gasteiger partial charge in [-0.3, -0.25) is 4.79 Å². The van der Waals surface area contributed by atoms with Gasteiger partial charge in [0, 0.05) is 5.56 Å². The predicted octanol–water partition coefficient (Wildman–Crippen LogP) is 0.811. The number of ketones is 1. The molecule has 1 aromatic rings. The van der Waals surface area contributed by atoms with Crippen LogP contribution in [0.1, 0.15) is 10.4 Å². The van der Waals surface area contributed by atoms with Gasteiger partial charge in [-0.05, 0) is 19.2 Å². The van der Waals surface area contributed by atoms with Crippen LogP contribution in [0.3, 0.4) is 0 Å². The molecule has 1 aromatic carbocycles. The molecule has 0 aliphatic rings. The van der Waals surface area contributed by atoms with Gasteiger partial charge in [-0.15, -0.1) is 0 Å². The standard InChI is InChI=1S/C11H15NO4/c1-12-6-8(13)7-4-9(15-2)11(14)10(5-7)16-3/h4-5,12,14H,6H2,1-3H3. The van der Waals surface area contributed by atoms with E-state index in [0.29, 0.717) is 5.56 Å². The molecule has 0 unspecified atom stereocenters. The fourth-order valence-corrected chi connectivity index (χ4v) is 1.32. The third-order valence-electron chi connectivity index (χ3n) is 2.14. The molecule has 0 atom stereocenters. The number of benzene rings is 1. The average molecular weight is 225 g/mol. The summed E-state index contributed by atoms with van der Waals surface area (Å²) in [4.78, 5) is 11.6. The van der Waals surface area contributed by atoms with Gasteiger partial charge >= 0.3 is 0 Å². The van der Waals surface area contributed by atoms with Crippen LogP contribution in [0.15, 0.2) is 12.1 Å². The van der Waals surface area contributed by atoms with Gasteiger partial charge in [0.25, 0.3) is 0 Å². The molecule has 0 radical (unpaired) electrons. The molecule has 0 aromatic heterocycles. The molecule has 0 fully saturated rings. The zero-order valence-electron chi connectivity index (χ0n) is 9.53. The Kier molecular flexibility index (Phi) is 4.13. The third-order valence-corrected chi connectivity index (χ3v) is 2.14. The Balaban J connectivity index is 3.16. The minimum absolute atomic E-state index is 0.0981. The number of Topliss-reactive ketones (excluding diaryl/α,β-unsaturated/α-hetero) is 1. The van der Waals surface area contributed by atoms with E-state index in [1.807, 2.05) is 0 Å². The van der Waals surface area contributed by atoms with Crippen molar-refractivity contribution in [1.82, 2.24) is 5.32 Å². The molecule has 0 heterocycles. The zero-order chi connectivity index (χ0) is 12.1. The molecule has 0 aliphatic carbocycles. The first kappa shape index (κ1) is 12.3. The Morgan fingerprint density at radius 2 is 1.81 bits per heavy atom. The fraction of sp³-hybridized carbons (Fsp3) is 0.364. The van der Waals surface area contributed by atoms with Crippen molar-refractivity contribution in [2.24, 2.45) is 0 Å². The number of likely N-dealkylation sites (N-methyl/N-ethyl adjacent to an activating group) is 1. The van der Waals surface area contributed by atoms with Crippen LogP contribution in [0.5, 0.6) is 17.2 Å². The summed E-state index contributed by atoms with van der Waals surface area (Å²) >= 11 is 0. The van der Waals surface area contributed by atoms with Crippen molar-refractivity contribution >= 4 is 5.78 Å². The van der Waals surface area contributed by atoms with Crippen LogP contribution in [0.2, 0.25) is 0 Å². The minimum Gasteiger partial charge on any atom is -0.502 e. The molecule has 0 amide bonds. The number of methoxy groups -OCH3 is 2. The lowest BCUT2D eigenvalue weighted by molar-refractivity contribution is 0.0993. The molecule has 0 saturated carbocycles. The second-order valence-corrected chi connectivity index (χ2v) is 3.18. The molecule has 0 spiro atoms. The van der Waals surface area contributed by atoms with Crippen molar-refractivity contribution in [3.63, 3.8) is 0 Å². The lowest BCUT2D eigenvalue weighted by Gasteiger charge is -2.10. The van der Waals surface area contributed by atoms with Crippen LogP contribution < -0.4 is 14.8 Å². The molecule has 5 nitrogen and oxygen atoms in total. The van der Waals surface area contributed by atoms with E-state index in [0.717, 1.165) is 0 Å². The average Bonchev–Trinajstić information content (AvgIpc) is 2.29. The SMILES string of the molecule is CNCC(=O)c1cc(OC)c(O)c(OC)c1. The number of carbonyl (C=O) groups excluding carboxylic acids is 1. The van der Waals surface area contributed by atoms with Crippen LogP contribution in [-0.2, 0) is 0 Å². The largest absolute Gasteiger partial charge is 0.502 e. The van der Waals surface area contributed by atoms with Gasteiger partial charge in [0.05, 0.1) is 20.8 Å². The van der Waals surface area contributed by atoms with Gasteiger partial charge in [0.2, 0.25) is 5.75 Å². The Labute approximate surface area is 94.0 Å². The number of hydrogen-bond donors (Lipinski definition) is 2. The first-order valence-electron chi connectivity index (χ1n) is 4.76. The Bertz CT molecular complexity index is 365. The number of rotatable bonds is 5. The molecule has 16 heavy (non-hydrogen) atoms. The second-order valence-electron chi connectivity index (χ2n) is 3.18. The fourth-order valence-electron chi connectivity index (χ4n) is 1.32. The van der Waals surface area contributed by atoms with E-state index in [-0.39, 0.29) is 29.6 Å². The summed E-state index contributed by atoms with van der Waals surface area (Å²) in [5.41, 5.74) is 0.431. The maximum atomic E-state index is 11.6. The molecule has 2 N–H and O–H groups in total. The highest BCUT2D eigenvalue weighted by atomic mass is 16.5. The number of hydrogen-bond acceptors (Lipinski definition) is 5. The Morgan fingerprint density at radius 1 is 1.31 bits per heavy atom. The summed E-state index contributed by atoms with van der Waals surface area (Å²) in [6, 6.07) is 2.97. The maximum absolute atomic E-state index is 11.6. The first-order valence-corrected chi connectivity index (χ1v) is 4.76. The van der Waals surface area contributed by atoms with Crippen LogP contribution in [-0.4, -0.2) is 38.7 Å². The summed E-state index contributed by atoms with van der Waals surface area (Å²) in [5.74, 6) is 0.239. The number of aromatic hydroxyl groups is 1. The number of carbonyl (C=O) groups is 1. The van der Waals surface area contributed by atoms with Crippen LogP contribution in [0.25, 0.3) is 0 Å². The van der Waals surface area contributed by atoms with Crippen molar-refractivity contribution < 1.29 is 19.4 Å². The Hall–Kier alpha value is -1.75. The van der Waals surface area contributed by atoms with Gasteiger partial charge in [-0.2, -0.15) is 0 Å². The van der Waals surface area contributed by atoms with E-state index in [1.165, 1.54) is 26.4 Å². The highest BCUT2D eigenvalue weighted by Crippen LogP contribution is 2.37. The maximum Gasteiger partial charge on any atom is 0.200 e. The summed E-state index contributed by atoms with van der Waals surface area (Å²) in [7, 11) is 4.52. The molecule has 0 bridgehead atoms. The second kappa shape index (κ2) is 5.37. The van der Waals surface area contributed by atoms with E-state index >= 15 is 0 Å². The van der Waals surface area contributed by atoms with E-state index in [4.69, 9.17) is 9.47 Å². The van der Waals surface area contributed by atoms with Crippen molar-refractivity contribution in [3.8, 4) is 17.2 Å². The quantitative estimate of drug-likeness (QED) is 0.726. The van der Waals surface area contributed by atoms with Crippen LogP contribution in [0.4, 0.5) is 0 Å². The number of phenolic OH excluding ortho intramolecular Hbond substituents is 1.